The first-order chi connectivity index (χ1) is 17.8. The molecule has 0 unspecified atom stereocenters. The zero-order valence-corrected chi connectivity index (χ0v) is 22.5. The minimum Gasteiger partial charge on any atom is -0.489 e. The van der Waals surface area contributed by atoms with Crippen molar-refractivity contribution in [3.05, 3.63) is 59.9 Å². The van der Waals surface area contributed by atoms with Crippen LogP contribution in [-0.4, -0.2) is 49.5 Å². The second-order valence-corrected chi connectivity index (χ2v) is 10.7. The van der Waals surface area contributed by atoms with Crippen LogP contribution in [0.1, 0.15) is 53.5 Å². The fraction of sp³-hybridized carbons (Fsp3) is 0.444. The highest BCUT2D eigenvalue weighted by Crippen LogP contribution is 2.24. The Hall–Kier alpha value is -4.02. The van der Waals surface area contributed by atoms with Crippen molar-refractivity contribution in [1.29, 1.82) is 0 Å². The Morgan fingerprint density at radius 2 is 1.68 bits per heavy atom. The molecule has 0 aliphatic rings. The fourth-order valence-electron chi connectivity index (χ4n) is 3.35. The normalized spacial score (nSPS) is 12.5. The molecule has 0 saturated heterocycles. The Labute approximate surface area is 221 Å². The van der Waals surface area contributed by atoms with Crippen LogP contribution in [0.5, 0.6) is 5.75 Å². The highest BCUT2D eigenvalue weighted by molar-refractivity contribution is 5.73. The average molecular weight is 528 g/mol. The van der Waals surface area contributed by atoms with E-state index in [1.54, 1.807) is 47.6 Å². The van der Waals surface area contributed by atoms with E-state index in [1.165, 1.54) is 16.9 Å². The first kappa shape index (κ1) is 28.5. The molecular weight excluding hydrogens is 493 g/mol. The van der Waals surface area contributed by atoms with Gasteiger partial charge < -0.3 is 19.5 Å². The number of nitrogens with zero attached hydrogens (tertiary/aromatic N) is 4. The lowest BCUT2D eigenvalue weighted by Crippen LogP contribution is -2.43. The van der Waals surface area contributed by atoms with Gasteiger partial charge in [-0.15, -0.1) is 10.2 Å². The number of rotatable bonds is 9. The van der Waals surface area contributed by atoms with E-state index in [0.29, 0.717) is 12.4 Å². The zero-order valence-electron chi connectivity index (χ0n) is 22.5. The van der Waals surface area contributed by atoms with Crippen LogP contribution >= 0.6 is 0 Å². The standard InChI is InChI=1S/C27H34FN5O5/c1-26(2,3)37-23(34)14-19(29-25(35)38-27(4,5)6)16-33-31-24(30-32-33)21-13-12-20(15-22(21)28)36-17-18-10-8-7-9-11-18/h7-13,15,19H,14,16-17H2,1-6H3,(H,29,35)/t19-/m0/s1. The van der Waals surface area contributed by atoms with Crippen molar-refractivity contribution >= 4 is 12.1 Å². The topological polar surface area (TPSA) is 117 Å². The average Bonchev–Trinajstić information content (AvgIpc) is 3.23. The molecule has 3 aromatic rings. The number of nitrogens with one attached hydrogen (secondary N) is 1. The maximum atomic E-state index is 14.9. The summed E-state index contributed by atoms with van der Waals surface area (Å²) in [6.07, 6.45) is -0.863. The van der Waals surface area contributed by atoms with Gasteiger partial charge in [0.2, 0.25) is 5.82 Å². The van der Waals surface area contributed by atoms with Crippen LogP contribution < -0.4 is 10.1 Å². The highest BCUT2D eigenvalue weighted by Gasteiger charge is 2.26. The third-order valence-corrected chi connectivity index (χ3v) is 4.82. The van der Waals surface area contributed by atoms with E-state index in [0.717, 1.165) is 5.56 Å². The van der Waals surface area contributed by atoms with Gasteiger partial charge in [-0.3, -0.25) is 4.79 Å². The van der Waals surface area contributed by atoms with Gasteiger partial charge in [0.25, 0.3) is 0 Å². The van der Waals surface area contributed by atoms with Gasteiger partial charge in [-0.1, -0.05) is 30.3 Å². The number of carbonyl (C=O) groups is 2. The van der Waals surface area contributed by atoms with Gasteiger partial charge in [-0.2, -0.15) is 4.80 Å². The number of alkyl carbamates (subject to hydrolysis) is 1. The van der Waals surface area contributed by atoms with E-state index in [-0.39, 0.29) is 24.4 Å². The Morgan fingerprint density at radius 3 is 2.32 bits per heavy atom. The summed E-state index contributed by atoms with van der Waals surface area (Å²) in [7, 11) is 0. The molecule has 10 nitrogen and oxygen atoms in total. The Balaban J connectivity index is 1.70. The monoisotopic (exact) mass is 527 g/mol. The van der Waals surface area contributed by atoms with Gasteiger partial charge in [0.1, 0.15) is 29.4 Å². The summed E-state index contributed by atoms with van der Waals surface area (Å²) in [6.45, 7) is 10.7. The molecule has 1 N–H and O–H groups in total. The van der Waals surface area contributed by atoms with Crippen LogP contribution in [0.3, 0.4) is 0 Å². The lowest BCUT2D eigenvalue weighted by Gasteiger charge is -2.24. The van der Waals surface area contributed by atoms with E-state index in [4.69, 9.17) is 14.2 Å². The van der Waals surface area contributed by atoms with Crippen molar-refractivity contribution < 1.29 is 28.2 Å². The van der Waals surface area contributed by atoms with Gasteiger partial charge in [-0.05, 0) is 64.5 Å². The number of hydrogen-bond acceptors (Lipinski definition) is 8. The molecule has 0 saturated carbocycles. The van der Waals surface area contributed by atoms with Crippen LogP contribution in [0.4, 0.5) is 9.18 Å². The van der Waals surface area contributed by atoms with Crippen molar-refractivity contribution in [2.75, 3.05) is 0 Å². The molecule has 1 atom stereocenters. The van der Waals surface area contributed by atoms with Crippen molar-refractivity contribution in [2.24, 2.45) is 0 Å². The summed E-state index contributed by atoms with van der Waals surface area (Å²) in [4.78, 5) is 26.0. The number of amides is 1. The number of hydrogen-bond donors (Lipinski definition) is 1. The molecule has 3 rings (SSSR count). The van der Waals surface area contributed by atoms with E-state index in [2.05, 4.69) is 20.7 Å². The molecular formula is C27H34FN5O5. The number of aromatic nitrogens is 4. The predicted octanol–water partition coefficient (Wildman–Crippen LogP) is 4.68. The van der Waals surface area contributed by atoms with Gasteiger partial charge in [-0.25, -0.2) is 9.18 Å². The van der Waals surface area contributed by atoms with Gasteiger partial charge in [0.05, 0.1) is 24.6 Å². The van der Waals surface area contributed by atoms with Crippen molar-refractivity contribution in [2.45, 2.75) is 78.4 Å². The quantitative estimate of drug-likeness (QED) is 0.399. The van der Waals surface area contributed by atoms with Gasteiger partial charge in [0, 0.05) is 6.07 Å². The lowest BCUT2D eigenvalue weighted by molar-refractivity contribution is -0.155. The predicted molar refractivity (Wildman–Crippen MR) is 138 cm³/mol. The Kier molecular flexibility index (Phi) is 9.03. The number of esters is 1. The van der Waals surface area contributed by atoms with Crippen LogP contribution in [0, 0.1) is 5.82 Å². The number of tetrazole rings is 1. The molecule has 0 fully saturated rings. The molecule has 0 radical (unpaired) electrons. The first-order valence-corrected chi connectivity index (χ1v) is 12.2. The summed E-state index contributed by atoms with van der Waals surface area (Å²) < 4.78 is 31.2. The zero-order chi connectivity index (χ0) is 27.9. The SMILES string of the molecule is CC(C)(C)OC(=O)C[C@@H](Cn1nnc(-c2ccc(OCc3ccccc3)cc2F)n1)NC(=O)OC(C)(C)C. The minimum absolute atomic E-state index is 0.0224. The summed E-state index contributed by atoms with van der Waals surface area (Å²) >= 11 is 0. The fourth-order valence-corrected chi connectivity index (χ4v) is 3.35. The minimum atomic E-state index is -0.764. The largest absolute Gasteiger partial charge is 0.489 e. The summed E-state index contributed by atoms with van der Waals surface area (Å²) in [5.74, 6) is -0.685. The summed E-state index contributed by atoms with van der Waals surface area (Å²) in [5.41, 5.74) is -0.330. The molecule has 0 aliphatic carbocycles. The Bertz CT molecular complexity index is 1200. The van der Waals surface area contributed by atoms with E-state index < -0.39 is 35.1 Å². The molecule has 11 heteroatoms. The molecule has 1 heterocycles. The number of ether oxygens (including phenoxy) is 3. The maximum Gasteiger partial charge on any atom is 0.407 e. The summed E-state index contributed by atoms with van der Waals surface area (Å²) in [5, 5.41) is 14.8. The Morgan fingerprint density at radius 1 is 1.00 bits per heavy atom. The molecule has 0 aliphatic heterocycles. The van der Waals surface area contributed by atoms with Crippen LogP contribution in [0.15, 0.2) is 48.5 Å². The van der Waals surface area contributed by atoms with Crippen molar-refractivity contribution in [3.63, 3.8) is 0 Å². The third-order valence-electron chi connectivity index (χ3n) is 4.82. The summed E-state index contributed by atoms with van der Waals surface area (Å²) in [6, 6.07) is 13.2. The molecule has 2 aromatic carbocycles. The second-order valence-electron chi connectivity index (χ2n) is 10.7. The number of carbonyl (C=O) groups excluding carboxylic acids is 2. The molecule has 0 spiro atoms. The van der Waals surface area contributed by atoms with Gasteiger partial charge >= 0.3 is 12.1 Å². The lowest BCUT2D eigenvalue weighted by atomic mass is 10.1. The first-order valence-electron chi connectivity index (χ1n) is 12.2. The van der Waals surface area contributed by atoms with Crippen molar-refractivity contribution in [3.8, 4) is 17.1 Å². The molecule has 1 aromatic heterocycles. The maximum absolute atomic E-state index is 14.9. The van der Waals surface area contributed by atoms with Crippen LogP contribution in [0.2, 0.25) is 0 Å². The molecule has 38 heavy (non-hydrogen) atoms. The molecule has 204 valence electrons. The van der Waals surface area contributed by atoms with E-state index in [9.17, 15) is 14.0 Å². The van der Waals surface area contributed by atoms with Crippen LogP contribution in [-0.2, 0) is 27.4 Å². The molecule has 1 amide bonds. The van der Waals surface area contributed by atoms with E-state index in [1.807, 2.05) is 30.3 Å². The third kappa shape index (κ3) is 9.45. The molecule has 0 bridgehead atoms. The highest BCUT2D eigenvalue weighted by atomic mass is 19.1. The van der Waals surface area contributed by atoms with Crippen LogP contribution in [0.25, 0.3) is 11.4 Å². The number of halogens is 1. The van der Waals surface area contributed by atoms with Crippen molar-refractivity contribution in [1.82, 2.24) is 25.5 Å². The smallest absolute Gasteiger partial charge is 0.407 e. The number of benzene rings is 2. The van der Waals surface area contributed by atoms with E-state index >= 15 is 0 Å². The van der Waals surface area contributed by atoms with Gasteiger partial charge in [0.15, 0.2) is 0 Å². The second kappa shape index (κ2) is 12.0.